The van der Waals surface area contributed by atoms with Gasteiger partial charge in [0.05, 0.1) is 27.1 Å². The van der Waals surface area contributed by atoms with E-state index in [0.717, 1.165) is 21.3 Å². The molecular weight excluding hydrogens is 423 g/mol. The van der Waals surface area contributed by atoms with Crippen LogP contribution in [0.3, 0.4) is 0 Å². The number of halogens is 2. The molecule has 0 radical (unpaired) electrons. The lowest BCUT2D eigenvalue weighted by molar-refractivity contribution is 0.0982. The number of carbonyl (C=O) groups excluding carboxylic acids is 1. The fourth-order valence-corrected chi connectivity index (χ4v) is 4.57. The largest absolute Gasteiger partial charge is 0.337 e. The molecule has 5 nitrogen and oxygen atoms in total. The minimum absolute atomic E-state index is 0.0905. The number of thiazole rings is 1. The number of rotatable bonds is 6. The Morgan fingerprint density at radius 2 is 2.10 bits per heavy atom. The van der Waals surface area contributed by atoms with Gasteiger partial charge < -0.3 is 4.57 Å². The van der Waals surface area contributed by atoms with Crippen molar-refractivity contribution in [2.45, 2.75) is 26.8 Å². The van der Waals surface area contributed by atoms with Crippen molar-refractivity contribution in [3.8, 4) is 0 Å². The van der Waals surface area contributed by atoms with Gasteiger partial charge in [-0.15, -0.1) is 0 Å². The highest BCUT2D eigenvalue weighted by Crippen LogP contribution is 2.33. The molecular formula is C22H20ClFN4OS. The maximum Gasteiger partial charge on any atom is 0.264 e. The highest BCUT2D eigenvalue weighted by molar-refractivity contribution is 7.22. The van der Waals surface area contributed by atoms with Crippen LogP contribution in [0, 0.1) is 19.7 Å². The Kier molecular flexibility index (Phi) is 5.83. The lowest BCUT2D eigenvalue weighted by Crippen LogP contribution is -2.33. The van der Waals surface area contributed by atoms with Crippen LogP contribution in [0.4, 0.5) is 9.52 Å². The number of hydrogen-bond acceptors (Lipinski definition) is 4. The normalized spacial score (nSPS) is 11.2. The SMILES string of the molecule is Cc1ccc2sc(N(CCCn3ccnc3)C(=O)c3c(F)cccc3Cl)nc2c1C. The van der Waals surface area contributed by atoms with Gasteiger partial charge >= 0.3 is 0 Å². The predicted molar refractivity (Wildman–Crippen MR) is 119 cm³/mol. The average Bonchev–Trinajstić information content (AvgIpc) is 3.38. The molecule has 0 aliphatic rings. The summed E-state index contributed by atoms with van der Waals surface area (Å²) in [7, 11) is 0. The van der Waals surface area contributed by atoms with Crippen molar-refractivity contribution in [1.82, 2.24) is 14.5 Å². The molecule has 8 heteroatoms. The number of hydrogen-bond donors (Lipinski definition) is 0. The van der Waals surface area contributed by atoms with Crippen LogP contribution in [0.2, 0.25) is 5.02 Å². The second-order valence-corrected chi connectivity index (χ2v) is 8.47. The van der Waals surface area contributed by atoms with Crippen LogP contribution in [0.25, 0.3) is 10.2 Å². The number of anilines is 1. The summed E-state index contributed by atoms with van der Waals surface area (Å²) in [6.45, 7) is 5.10. The molecule has 4 rings (SSSR count). The Morgan fingerprint density at radius 3 is 2.83 bits per heavy atom. The minimum atomic E-state index is -0.639. The molecule has 0 spiro atoms. The third-order valence-corrected chi connectivity index (χ3v) is 6.44. The number of fused-ring (bicyclic) bond motifs is 1. The number of nitrogens with zero attached hydrogens (tertiary/aromatic N) is 4. The van der Waals surface area contributed by atoms with E-state index in [1.807, 2.05) is 36.7 Å². The summed E-state index contributed by atoms with van der Waals surface area (Å²) in [6, 6.07) is 8.30. The molecule has 0 aliphatic heterocycles. The standard InChI is InChI=1S/C22H20ClFN4OS/c1-14-7-8-18-20(15(14)2)26-22(30-18)28(11-4-10-27-12-9-25-13-27)21(29)19-16(23)5-3-6-17(19)24/h3,5-9,12-13H,4,10-11H2,1-2H3. The summed E-state index contributed by atoms with van der Waals surface area (Å²) in [5.74, 6) is -1.13. The van der Waals surface area contributed by atoms with Crippen molar-refractivity contribution in [1.29, 1.82) is 0 Å². The van der Waals surface area contributed by atoms with E-state index in [4.69, 9.17) is 16.6 Å². The van der Waals surface area contributed by atoms with Crippen LogP contribution in [-0.4, -0.2) is 27.0 Å². The van der Waals surface area contributed by atoms with Crippen LogP contribution in [-0.2, 0) is 6.54 Å². The Balaban J connectivity index is 1.71. The molecule has 0 fully saturated rings. The van der Waals surface area contributed by atoms with Gasteiger partial charge in [0.2, 0.25) is 0 Å². The molecule has 0 saturated heterocycles. The third kappa shape index (κ3) is 3.95. The molecule has 0 bridgehead atoms. The molecule has 2 aromatic carbocycles. The number of benzene rings is 2. The molecule has 2 aromatic heterocycles. The highest BCUT2D eigenvalue weighted by Gasteiger charge is 2.26. The molecule has 0 atom stereocenters. The van der Waals surface area contributed by atoms with Gasteiger partial charge in [0.1, 0.15) is 5.82 Å². The second kappa shape index (κ2) is 8.53. The van der Waals surface area contributed by atoms with Crippen LogP contribution in [0.15, 0.2) is 49.1 Å². The fraction of sp³-hybridized carbons (Fsp3) is 0.227. The van der Waals surface area contributed by atoms with Gasteiger partial charge in [0, 0.05) is 25.5 Å². The number of carbonyl (C=O) groups is 1. The molecule has 1 amide bonds. The van der Waals surface area contributed by atoms with Crippen LogP contribution >= 0.6 is 22.9 Å². The molecule has 154 valence electrons. The quantitative estimate of drug-likeness (QED) is 0.388. The van der Waals surface area contributed by atoms with E-state index in [9.17, 15) is 9.18 Å². The van der Waals surface area contributed by atoms with Crippen LogP contribution in [0.5, 0.6) is 0 Å². The van der Waals surface area contributed by atoms with E-state index in [2.05, 4.69) is 4.98 Å². The van der Waals surface area contributed by atoms with Crippen LogP contribution < -0.4 is 4.90 Å². The molecule has 0 unspecified atom stereocenters. The molecule has 0 N–H and O–H groups in total. The van der Waals surface area contributed by atoms with Crippen molar-refractivity contribution < 1.29 is 9.18 Å². The van der Waals surface area contributed by atoms with E-state index in [1.54, 1.807) is 12.5 Å². The zero-order valence-corrected chi connectivity index (χ0v) is 18.2. The topological polar surface area (TPSA) is 51.0 Å². The van der Waals surface area contributed by atoms with Crippen molar-refractivity contribution in [2.24, 2.45) is 0 Å². The van der Waals surface area contributed by atoms with Crippen molar-refractivity contribution in [3.05, 3.63) is 76.6 Å². The first-order chi connectivity index (χ1) is 14.5. The Bertz CT molecular complexity index is 1190. The number of amides is 1. The van der Waals surface area contributed by atoms with E-state index >= 15 is 0 Å². The average molecular weight is 443 g/mol. The summed E-state index contributed by atoms with van der Waals surface area (Å²) in [4.78, 5) is 23.7. The third-order valence-electron chi connectivity index (χ3n) is 5.08. The summed E-state index contributed by atoms with van der Waals surface area (Å²) < 4.78 is 17.4. The van der Waals surface area contributed by atoms with E-state index in [1.165, 1.54) is 34.4 Å². The van der Waals surface area contributed by atoms with Gasteiger partial charge in [-0.1, -0.05) is 35.1 Å². The van der Waals surface area contributed by atoms with Gasteiger partial charge in [-0.05, 0) is 49.6 Å². The lowest BCUT2D eigenvalue weighted by atomic mass is 10.1. The zero-order valence-electron chi connectivity index (χ0n) is 16.6. The van der Waals surface area contributed by atoms with Gasteiger partial charge in [0.15, 0.2) is 5.13 Å². The summed E-state index contributed by atoms with van der Waals surface area (Å²) in [6.07, 6.45) is 5.95. The molecule has 0 saturated carbocycles. The number of imidazole rings is 1. The monoisotopic (exact) mass is 442 g/mol. The number of aromatic nitrogens is 3. The molecule has 30 heavy (non-hydrogen) atoms. The first kappa shape index (κ1) is 20.5. The van der Waals surface area contributed by atoms with E-state index < -0.39 is 11.7 Å². The van der Waals surface area contributed by atoms with Crippen molar-refractivity contribution in [2.75, 3.05) is 11.4 Å². The predicted octanol–water partition coefficient (Wildman–Crippen LogP) is 5.64. The summed E-state index contributed by atoms with van der Waals surface area (Å²) >= 11 is 7.60. The smallest absolute Gasteiger partial charge is 0.264 e. The minimum Gasteiger partial charge on any atom is -0.337 e. The Morgan fingerprint density at radius 1 is 1.27 bits per heavy atom. The first-order valence-electron chi connectivity index (χ1n) is 9.54. The van der Waals surface area contributed by atoms with E-state index in [0.29, 0.717) is 24.6 Å². The highest BCUT2D eigenvalue weighted by atomic mass is 35.5. The Hall–Kier alpha value is -2.77. The first-order valence-corrected chi connectivity index (χ1v) is 10.7. The maximum atomic E-state index is 14.5. The maximum absolute atomic E-state index is 14.5. The summed E-state index contributed by atoms with van der Waals surface area (Å²) in [5, 5.41) is 0.626. The molecule has 2 heterocycles. The molecule has 4 aromatic rings. The second-order valence-electron chi connectivity index (χ2n) is 7.06. The summed E-state index contributed by atoms with van der Waals surface area (Å²) in [5.41, 5.74) is 2.94. The lowest BCUT2D eigenvalue weighted by Gasteiger charge is -2.21. The Labute approximate surface area is 182 Å². The van der Waals surface area contributed by atoms with Gasteiger partial charge in [-0.3, -0.25) is 9.69 Å². The van der Waals surface area contributed by atoms with Gasteiger partial charge in [-0.2, -0.15) is 0 Å². The fourth-order valence-electron chi connectivity index (χ4n) is 3.28. The van der Waals surface area contributed by atoms with Gasteiger partial charge in [-0.25, -0.2) is 14.4 Å². The zero-order chi connectivity index (χ0) is 21.3. The van der Waals surface area contributed by atoms with Crippen LogP contribution in [0.1, 0.15) is 27.9 Å². The van der Waals surface area contributed by atoms with Gasteiger partial charge in [0.25, 0.3) is 5.91 Å². The van der Waals surface area contributed by atoms with Crippen molar-refractivity contribution >= 4 is 44.2 Å². The molecule has 0 aliphatic carbocycles. The van der Waals surface area contributed by atoms with Crippen molar-refractivity contribution in [3.63, 3.8) is 0 Å². The van der Waals surface area contributed by atoms with E-state index in [-0.39, 0.29) is 10.6 Å². The number of aryl methyl sites for hydroxylation is 3.